The molecule has 0 aliphatic heterocycles. The zero-order chi connectivity index (χ0) is 9.68. The van der Waals surface area contributed by atoms with Crippen LogP contribution in [0.15, 0.2) is 12.5 Å². The minimum absolute atomic E-state index is 0.125. The highest BCUT2D eigenvalue weighted by Gasteiger charge is 2.01. The van der Waals surface area contributed by atoms with E-state index in [9.17, 15) is 4.79 Å². The lowest BCUT2D eigenvalue weighted by Crippen LogP contribution is -2.07. The lowest BCUT2D eigenvalue weighted by atomic mass is 10.2. The Morgan fingerprint density at radius 3 is 3.08 bits per heavy atom. The Morgan fingerprint density at radius 1 is 1.69 bits per heavy atom. The van der Waals surface area contributed by atoms with Crippen LogP contribution in [0.4, 0.5) is 0 Å². The Kier molecular flexibility index (Phi) is 3.45. The van der Waals surface area contributed by atoms with Crippen LogP contribution >= 0.6 is 0 Å². The monoisotopic (exact) mass is 183 g/mol. The summed E-state index contributed by atoms with van der Waals surface area (Å²) in [7, 11) is 0. The molecule has 5 heteroatoms. The van der Waals surface area contributed by atoms with Crippen molar-refractivity contribution in [2.45, 2.75) is 19.4 Å². The summed E-state index contributed by atoms with van der Waals surface area (Å²) in [5.41, 5.74) is 6.15. The zero-order valence-electron chi connectivity index (χ0n) is 7.31. The van der Waals surface area contributed by atoms with Gasteiger partial charge in [-0.05, 0) is 0 Å². The van der Waals surface area contributed by atoms with Crippen LogP contribution in [0.25, 0.3) is 0 Å². The number of imidazole rings is 1. The molecule has 1 aromatic rings. The van der Waals surface area contributed by atoms with Crippen molar-refractivity contribution >= 4 is 5.97 Å². The predicted molar refractivity (Wildman–Crippen MR) is 47.2 cm³/mol. The maximum absolute atomic E-state index is 10.3. The number of rotatable bonds is 5. The molecule has 3 N–H and O–H groups in total. The van der Waals surface area contributed by atoms with E-state index in [1.54, 1.807) is 6.33 Å². The second-order valence-electron chi connectivity index (χ2n) is 2.79. The number of nitrogens with two attached hydrogens (primary N) is 1. The van der Waals surface area contributed by atoms with Crippen LogP contribution in [-0.2, 0) is 17.8 Å². The van der Waals surface area contributed by atoms with Crippen molar-refractivity contribution in [1.29, 1.82) is 0 Å². The van der Waals surface area contributed by atoms with Gasteiger partial charge in [-0.3, -0.25) is 4.79 Å². The first-order valence-corrected chi connectivity index (χ1v) is 4.15. The van der Waals surface area contributed by atoms with Gasteiger partial charge >= 0.3 is 5.97 Å². The van der Waals surface area contributed by atoms with E-state index in [2.05, 4.69) is 4.98 Å². The number of carboxylic acids is 1. The fourth-order valence-electron chi connectivity index (χ4n) is 1.04. The molecule has 72 valence electrons. The van der Waals surface area contributed by atoms with Crippen molar-refractivity contribution in [3.63, 3.8) is 0 Å². The van der Waals surface area contributed by atoms with E-state index in [0.29, 0.717) is 13.0 Å². The Morgan fingerprint density at radius 2 is 2.46 bits per heavy atom. The molecule has 0 fully saturated rings. The number of hydrogen-bond donors (Lipinski definition) is 2. The molecule has 0 amide bonds. The molecule has 0 atom stereocenters. The van der Waals surface area contributed by atoms with Crippen LogP contribution in [0.5, 0.6) is 0 Å². The molecule has 0 saturated heterocycles. The third kappa shape index (κ3) is 3.25. The van der Waals surface area contributed by atoms with Crippen LogP contribution in [0.1, 0.15) is 12.1 Å². The van der Waals surface area contributed by atoms with E-state index in [1.165, 1.54) is 0 Å². The van der Waals surface area contributed by atoms with Crippen molar-refractivity contribution in [2.75, 3.05) is 6.54 Å². The predicted octanol–water partition coefficient (Wildman–Crippen LogP) is -0.141. The summed E-state index contributed by atoms with van der Waals surface area (Å²) in [4.78, 5) is 14.3. The lowest BCUT2D eigenvalue weighted by Gasteiger charge is -1.95. The number of aromatic nitrogens is 2. The molecule has 0 aliphatic carbocycles. The quantitative estimate of drug-likeness (QED) is 0.665. The molecule has 0 saturated carbocycles. The van der Waals surface area contributed by atoms with Gasteiger partial charge in [0.2, 0.25) is 0 Å². The number of carboxylic acid groups (broad SMARTS) is 1. The lowest BCUT2D eigenvalue weighted by molar-refractivity contribution is -0.136. The van der Waals surface area contributed by atoms with Gasteiger partial charge in [0.05, 0.1) is 18.4 Å². The Labute approximate surface area is 76.2 Å². The fourth-order valence-corrected chi connectivity index (χ4v) is 1.04. The molecular weight excluding hydrogens is 170 g/mol. The molecule has 13 heavy (non-hydrogen) atoms. The van der Waals surface area contributed by atoms with Crippen LogP contribution in [0, 0.1) is 0 Å². The normalized spacial score (nSPS) is 10.2. The summed E-state index contributed by atoms with van der Waals surface area (Å²) in [5.74, 6) is -0.798. The van der Waals surface area contributed by atoms with Crippen molar-refractivity contribution in [1.82, 2.24) is 9.55 Å². The topological polar surface area (TPSA) is 81.1 Å². The van der Waals surface area contributed by atoms with Crippen LogP contribution < -0.4 is 5.73 Å². The highest BCUT2D eigenvalue weighted by molar-refractivity contribution is 5.66. The second kappa shape index (κ2) is 4.61. The Bertz CT molecular complexity index is 283. The molecule has 5 nitrogen and oxygen atoms in total. The Hall–Kier alpha value is -1.36. The van der Waals surface area contributed by atoms with Crippen LogP contribution in [-0.4, -0.2) is 27.2 Å². The van der Waals surface area contributed by atoms with E-state index in [-0.39, 0.29) is 6.42 Å². The van der Waals surface area contributed by atoms with Gasteiger partial charge < -0.3 is 15.4 Å². The standard InChI is InChI=1S/C8H13N3O2/c9-3-4-11-5-7(10-6-11)1-2-8(12)13/h5-6H,1-4,9H2,(H,12,13). The summed E-state index contributed by atoms with van der Waals surface area (Å²) in [6, 6.07) is 0. The molecule has 0 aliphatic rings. The SMILES string of the molecule is NCCn1cnc(CCC(=O)O)c1. The van der Waals surface area contributed by atoms with Gasteiger partial charge in [-0.2, -0.15) is 0 Å². The van der Waals surface area contributed by atoms with Crippen molar-refractivity contribution in [2.24, 2.45) is 5.73 Å². The van der Waals surface area contributed by atoms with Gasteiger partial charge in [-0.25, -0.2) is 4.98 Å². The molecule has 0 spiro atoms. The van der Waals surface area contributed by atoms with Crippen molar-refractivity contribution in [3.05, 3.63) is 18.2 Å². The fraction of sp³-hybridized carbons (Fsp3) is 0.500. The number of carbonyl (C=O) groups is 1. The van der Waals surface area contributed by atoms with Gasteiger partial charge in [0.15, 0.2) is 0 Å². The summed E-state index contributed by atoms with van der Waals surface area (Å²) in [5, 5.41) is 8.43. The summed E-state index contributed by atoms with van der Waals surface area (Å²) in [6.45, 7) is 1.29. The van der Waals surface area contributed by atoms with E-state index in [1.807, 2.05) is 10.8 Å². The van der Waals surface area contributed by atoms with Crippen molar-refractivity contribution in [3.8, 4) is 0 Å². The highest BCUT2D eigenvalue weighted by Crippen LogP contribution is 1.99. The second-order valence-corrected chi connectivity index (χ2v) is 2.79. The first kappa shape index (κ1) is 9.73. The molecule has 1 aromatic heterocycles. The molecule has 1 rings (SSSR count). The highest BCUT2D eigenvalue weighted by atomic mass is 16.4. The first-order valence-electron chi connectivity index (χ1n) is 4.15. The molecule has 0 unspecified atom stereocenters. The average molecular weight is 183 g/mol. The summed E-state index contributed by atoms with van der Waals surface area (Å²) < 4.78 is 1.86. The molecule has 0 aromatic carbocycles. The number of hydrogen-bond acceptors (Lipinski definition) is 3. The van der Waals surface area contributed by atoms with Gasteiger partial charge in [0, 0.05) is 25.7 Å². The molecular formula is C8H13N3O2. The van der Waals surface area contributed by atoms with E-state index in [4.69, 9.17) is 10.8 Å². The zero-order valence-corrected chi connectivity index (χ0v) is 7.31. The average Bonchev–Trinajstić information content (AvgIpc) is 2.50. The van der Waals surface area contributed by atoms with Crippen molar-refractivity contribution < 1.29 is 9.90 Å². The van der Waals surface area contributed by atoms with Crippen LogP contribution in [0.3, 0.4) is 0 Å². The third-order valence-electron chi connectivity index (χ3n) is 1.67. The Balaban J connectivity index is 2.44. The minimum atomic E-state index is -0.798. The van der Waals surface area contributed by atoms with E-state index in [0.717, 1.165) is 12.2 Å². The summed E-state index contributed by atoms with van der Waals surface area (Å²) in [6.07, 6.45) is 4.10. The van der Waals surface area contributed by atoms with E-state index >= 15 is 0 Å². The maximum atomic E-state index is 10.3. The number of nitrogens with zero attached hydrogens (tertiary/aromatic N) is 2. The van der Waals surface area contributed by atoms with Gasteiger partial charge in [0.25, 0.3) is 0 Å². The maximum Gasteiger partial charge on any atom is 0.303 e. The van der Waals surface area contributed by atoms with Gasteiger partial charge in [0.1, 0.15) is 0 Å². The summed E-state index contributed by atoms with van der Waals surface area (Å²) >= 11 is 0. The minimum Gasteiger partial charge on any atom is -0.481 e. The molecule has 0 radical (unpaired) electrons. The number of aryl methyl sites for hydroxylation is 1. The first-order chi connectivity index (χ1) is 6.22. The molecule has 0 bridgehead atoms. The molecule has 1 heterocycles. The smallest absolute Gasteiger partial charge is 0.303 e. The van der Waals surface area contributed by atoms with Crippen LogP contribution in [0.2, 0.25) is 0 Å². The van der Waals surface area contributed by atoms with E-state index < -0.39 is 5.97 Å². The van der Waals surface area contributed by atoms with Gasteiger partial charge in [-0.1, -0.05) is 0 Å². The number of aliphatic carboxylic acids is 1. The largest absolute Gasteiger partial charge is 0.481 e. The van der Waals surface area contributed by atoms with Gasteiger partial charge in [-0.15, -0.1) is 0 Å². The third-order valence-corrected chi connectivity index (χ3v) is 1.67.